The summed E-state index contributed by atoms with van der Waals surface area (Å²) in [5, 5.41) is 8.57. The molecule has 4 rings (SSSR count). The molecule has 0 aliphatic rings. The van der Waals surface area contributed by atoms with Gasteiger partial charge in [-0.3, -0.25) is 4.79 Å². The molecule has 31 heavy (non-hydrogen) atoms. The zero-order valence-electron chi connectivity index (χ0n) is 18.4. The average molecular weight is 415 g/mol. The SMILES string of the molecule is Cc1ccc(NC(=O)[C@H](C)Oc2cc(C)c3c(C)nn(-c4ccccc4)c3n2)cc1C. The van der Waals surface area contributed by atoms with E-state index in [1.807, 2.05) is 87.0 Å². The number of benzene rings is 2. The zero-order chi connectivity index (χ0) is 22.1. The van der Waals surface area contributed by atoms with E-state index in [-0.39, 0.29) is 5.91 Å². The van der Waals surface area contributed by atoms with Gasteiger partial charge in [-0.15, -0.1) is 0 Å². The van der Waals surface area contributed by atoms with Crippen molar-refractivity contribution in [1.29, 1.82) is 0 Å². The Hall–Kier alpha value is -3.67. The lowest BCUT2D eigenvalue weighted by molar-refractivity contribution is -0.122. The molecule has 1 N–H and O–H groups in total. The number of aromatic nitrogens is 3. The van der Waals surface area contributed by atoms with Crippen molar-refractivity contribution < 1.29 is 9.53 Å². The monoisotopic (exact) mass is 414 g/mol. The maximum absolute atomic E-state index is 12.7. The second kappa shape index (κ2) is 8.22. The van der Waals surface area contributed by atoms with Crippen molar-refractivity contribution >= 4 is 22.6 Å². The third-order valence-corrected chi connectivity index (χ3v) is 5.43. The summed E-state index contributed by atoms with van der Waals surface area (Å²) in [5.41, 5.74) is 6.59. The number of amides is 1. The van der Waals surface area contributed by atoms with Crippen LogP contribution < -0.4 is 10.1 Å². The Morgan fingerprint density at radius 2 is 1.71 bits per heavy atom. The highest BCUT2D eigenvalue weighted by atomic mass is 16.5. The van der Waals surface area contributed by atoms with Gasteiger partial charge in [-0.05, 0) is 75.6 Å². The van der Waals surface area contributed by atoms with E-state index in [4.69, 9.17) is 4.74 Å². The van der Waals surface area contributed by atoms with Gasteiger partial charge in [-0.25, -0.2) is 4.68 Å². The first kappa shape index (κ1) is 20.6. The van der Waals surface area contributed by atoms with Crippen LogP contribution in [0.1, 0.15) is 29.3 Å². The fourth-order valence-corrected chi connectivity index (χ4v) is 3.58. The number of ether oxygens (including phenoxy) is 1. The van der Waals surface area contributed by atoms with Gasteiger partial charge in [0.1, 0.15) is 0 Å². The van der Waals surface area contributed by atoms with Crippen LogP contribution in [0, 0.1) is 27.7 Å². The quantitative estimate of drug-likeness (QED) is 0.496. The van der Waals surface area contributed by atoms with E-state index in [2.05, 4.69) is 15.4 Å². The number of nitrogens with zero attached hydrogens (tertiary/aromatic N) is 3. The predicted molar refractivity (Wildman–Crippen MR) is 123 cm³/mol. The summed E-state index contributed by atoms with van der Waals surface area (Å²) in [6.45, 7) is 9.75. The Morgan fingerprint density at radius 3 is 2.42 bits per heavy atom. The molecule has 0 unspecified atom stereocenters. The summed E-state index contributed by atoms with van der Waals surface area (Å²) in [7, 11) is 0. The Labute approximate surface area is 181 Å². The molecule has 1 atom stereocenters. The van der Waals surface area contributed by atoms with E-state index in [1.165, 1.54) is 5.56 Å². The van der Waals surface area contributed by atoms with Crippen LogP contribution in [0.15, 0.2) is 54.6 Å². The standard InChI is InChI=1S/C25H26N4O2/c1-15-11-12-20(13-16(15)2)26-25(30)19(5)31-22-14-17(3)23-18(4)28-29(24(23)27-22)21-9-7-6-8-10-21/h6-14,19H,1-5H3,(H,26,30)/t19-/m0/s1. The lowest BCUT2D eigenvalue weighted by Gasteiger charge is -2.15. The van der Waals surface area contributed by atoms with E-state index in [1.54, 1.807) is 6.92 Å². The predicted octanol–water partition coefficient (Wildman–Crippen LogP) is 5.06. The van der Waals surface area contributed by atoms with E-state index >= 15 is 0 Å². The van der Waals surface area contributed by atoms with Crippen LogP contribution in [0.2, 0.25) is 0 Å². The molecule has 1 amide bonds. The number of nitrogens with one attached hydrogen (secondary N) is 1. The Bertz CT molecular complexity index is 1260. The number of pyridine rings is 1. The Balaban J connectivity index is 1.60. The normalized spacial score (nSPS) is 12.0. The molecule has 2 aromatic carbocycles. The zero-order valence-corrected chi connectivity index (χ0v) is 18.4. The van der Waals surface area contributed by atoms with Gasteiger partial charge < -0.3 is 10.1 Å². The average Bonchev–Trinajstić information content (AvgIpc) is 3.08. The molecule has 0 bridgehead atoms. The second-order valence-electron chi connectivity index (χ2n) is 7.86. The van der Waals surface area contributed by atoms with Crippen molar-refractivity contribution in [2.24, 2.45) is 0 Å². The molecule has 6 nitrogen and oxygen atoms in total. The van der Waals surface area contributed by atoms with Crippen molar-refractivity contribution in [3.8, 4) is 11.6 Å². The minimum atomic E-state index is -0.708. The van der Waals surface area contributed by atoms with Crippen LogP contribution >= 0.6 is 0 Å². The highest BCUT2D eigenvalue weighted by Crippen LogP contribution is 2.27. The number of anilines is 1. The smallest absolute Gasteiger partial charge is 0.265 e. The van der Waals surface area contributed by atoms with Gasteiger partial charge in [-0.2, -0.15) is 10.1 Å². The van der Waals surface area contributed by atoms with Crippen molar-refractivity contribution in [2.75, 3.05) is 5.32 Å². The number of carbonyl (C=O) groups excluding carboxylic acids is 1. The first-order chi connectivity index (χ1) is 14.8. The van der Waals surface area contributed by atoms with Gasteiger partial charge in [0.15, 0.2) is 11.8 Å². The number of para-hydroxylation sites is 1. The van der Waals surface area contributed by atoms with Gasteiger partial charge in [0, 0.05) is 17.1 Å². The first-order valence-corrected chi connectivity index (χ1v) is 10.3. The highest BCUT2D eigenvalue weighted by molar-refractivity contribution is 5.94. The van der Waals surface area contributed by atoms with Gasteiger partial charge in [0.05, 0.1) is 11.4 Å². The number of rotatable bonds is 5. The summed E-state index contributed by atoms with van der Waals surface area (Å²) < 4.78 is 7.74. The maximum Gasteiger partial charge on any atom is 0.265 e. The van der Waals surface area contributed by atoms with Crippen molar-refractivity contribution in [2.45, 2.75) is 40.7 Å². The molecule has 0 saturated heterocycles. The molecule has 0 aliphatic carbocycles. The van der Waals surface area contributed by atoms with Crippen molar-refractivity contribution in [3.63, 3.8) is 0 Å². The molecular formula is C25H26N4O2. The van der Waals surface area contributed by atoms with Gasteiger partial charge in [0.25, 0.3) is 5.91 Å². The molecule has 0 fully saturated rings. The molecule has 0 aliphatic heterocycles. The molecule has 0 radical (unpaired) electrons. The summed E-state index contributed by atoms with van der Waals surface area (Å²) in [6.07, 6.45) is -0.708. The van der Waals surface area contributed by atoms with Gasteiger partial charge >= 0.3 is 0 Å². The fourth-order valence-electron chi connectivity index (χ4n) is 3.58. The van der Waals surface area contributed by atoms with Gasteiger partial charge in [-0.1, -0.05) is 24.3 Å². The van der Waals surface area contributed by atoms with Crippen molar-refractivity contribution in [1.82, 2.24) is 14.8 Å². The van der Waals surface area contributed by atoms with Crippen molar-refractivity contribution in [3.05, 3.63) is 77.0 Å². The number of hydrogen-bond acceptors (Lipinski definition) is 4. The molecule has 0 saturated carbocycles. The van der Waals surface area contributed by atoms with Crippen LogP contribution in [-0.4, -0.2) is 26.8 Å². The lowest BCUT2D eigenvalue weighted by atomic mass is 10.1. The lowest BCUT2D eigenvalue weighted by Crippen LogP contribution is -2.30. The summed E-state index contributed by atoms with van der Waals surface area (Å²) >= 11 is 0. The Kier molecular flexibility index (Phi) is 5.46. The van der Waals surface area contributed by atoms with Crippen LogP contribution in [0.5, 0.6) is 5.88 Å². The first-order valence-electron chi connectivity index (χ1n) is 10.3. The van der Waals surface area contributed by atoms with Gasteiger partial charge in [0.2, 0.25) is 5.88 Å². The van der Waals surface area contributed by atoms with E-state index in [9.17, 15) is 4.79 Å². The number of aryl methyl sites for hydroxylation is 4. The third kappa shape index (κ3) is 4.14. The maximum atomic E-state index is 12.7. The molecule has 2 aromatic heterocycles. The Morgan fingerprint density at radius 1 is 0.968 bits per heavy atom. The van der Waals surface area contributed by atoms with E-state index < -0.39 is 6.10 Å². The van der Waals surface area contributed by atoms with Crippen LogP contribution in [-0.2, 0) is 4.79 Å². The topological polar surface area (TPSA) is 69.0 Å². The minimum Gasteiger partial charge on any atom is -0.464 e. The van der Waals surface area contributed by atoms with E-state index in [0.29, 0.717) is 11.5 Å². The largest absolute Gasteiger partial charge is 0.464 e. The van der Waals surface area contributed by atoms with Crippen LogP contribution in [0.3, 0.4) is 0 Å². The molecule has 0 spiro atoms. The van der Waals surface area contributed by atoms with Crippen LogP contribution in [0.25, 0.3) is 16.7 Å². The third-order valence-electron chi connectivity index (χ3n) is 5.43. The number of fused-ring (bicyclic) bond motifs is 1. The summed E-state index contributed by atoms with van der Waals surface area (Å²) in [6, 6.07) is 17.5. The molecular weight excluding hydrogens is 388 g/mol. The molecule has 6 heteroatoms. The van der Waals surface area contributed by atoms with Crippen LogP contribution in [0.4, 0.5) is 5.69 Å². The molecule has 158 valence electrons. The molecule has 4 aromatic rings. The minimum absolute atomic E-state index is 0.226. The second-order valence-corrected chi connectivity index (χ2v) is 7.86. The summed E-state index contributed by atoms with van der Waals surface area (Å²) in [4.78, 5) is 17.4. The highest BCUT2D eigenvalue weighted by Gasteiger charge is 2.19. The van der Waals surface area contributed by atoms with E-state index in [0.717, 1.165) is 33.6 Å². The molecule has 2 heterocycles. The fraction of sp³-hybridized carbons (Fsp3) is 0.240. The number of hydrogen-bond donors (Lipinski definition) is 1. The number of carbonyl (C=O) groups is 1. The summed E-state index contributed by atoms with van der Waals surface area (Å²) in [5.74, 6) is 0.167.